The standard InChI is InChI=1S/C48H36N2O/c1-2-3-4-20-40(49)46(32-28-39-37-19-11-12-21-44(37)51-45(39)29-32)38-24-27-41(36-18-10-9-17-35(36)38)50-42-25-22-30-13-5-7-15-33(30)47(42)48-34-16-8-6-14-31(34)23-26-43(48)50/h2-11,13-20,22-27,29H,12,21,28,49H2,1H3/b3-2-,20-4-,46-40-. The molecule has 0 atom stereocenters. The van der Waals surface area contributed by atoms with Crippen molar-refractivity contribution in [2.24, 2.45) is 5.73 Å². The van der Waals surface area contributed by atoms with Gasteiger partial charge in [-0.3, -0.25) is 0 Å². The fourth-order valence-corrected chi connectivity index (χ4v) is 8.58. The molecule has 3 nitrogen and oxygen atoms in total. The van der Waals surface area contributed by atoms with Crippen LogP contribution in [0.4, 0.5) is 0 Å². The van der Waals surface area contributed by atoms with Crippen LogP contribution in [0.25, 0.3) is 77.5 Å². The van der Waals surface area contributed by atoms with Gasteiger partial charge < -0.3 is 14.7 Å². The fourth-order valence-electron chi connectivity index (χ4n) is 8.58. The van der Waals surface area contributed by atoms with Gasteiger partial charge in [0.1, 0.15) is 11.5 Å². The van der Waals surface area contributed by atoms with Crippen LogP contribution in [-0.4, -0.2) is 4.57 Å². The molecule has 0 radical (unpaired) electrons. The van der Waals surface area contributed by atoms with Gasteiger partial charge in [0.15, 0.2) is 0 Å². The first kappa shape index (κ1) is 29.6. The highest BCUT2D eigenvalue weighted by atomic mass is 16.3. The Kier molecular flexibility index (Phi) is 6.75. The lowest BCUT2D eigenvalue weighted by Gasteiger charge is -2.19. The van der Waals surface area contributed by atoms with Crippen LogP contribution >= 0.6 is 0 Å². The minimum absolute atomic E-state index is 0.738. The Morgan fingerprint density at radius 3 is 2.10 bits per heavy atom. The third-order valence-corrected chi connectivity index (χ3v) is 10.8. The van der Waals surface area contributed by atoms with Crippen molar-refractivity contribution in [3.05, 3.63) is 179 Å². The van der Waals surface area contributed by atoms with E-state index in [0.29, 0.717) is 0 Å². The second kappa shape index (κ2) is 11.6. The van der Waals surface area contributed by atoms with Crippen molar-refractivity contribution in [2.75, 3.05) is 0 Å². The third kappa shape index (κ3) is 4.51. The molecule has 2 N–H and O–H groups in total. The Morgan fingerprint density at radius 2 is 1.39 bits per heavy atom. The molecule has 2 aromatic heterocycles. The predicted octanol–water partition coefficient (Wildman–Crippen LogP) is 12.2. The molecule has 0 bridgehead atoms. The number of hydrogen-bond donors (Lipinski definition) is 1. The van der Waals surface area contributed by atoms with Crippen LogP contribution in [0, 0.1) is 0 Å². The van der Waals surface area contributed by atoms with E-state index in [1.165, 1.54) is 65.4 Å². The van der Waals surface area contributed by atoms with E-state index in [1.54, 1.807) is 0 Å². The molecule has 244 valence electrons. The molecule has 0 amide bonds. The third-order valence-electron chi connectivity index (χ3n) is 10.8. The molecular weight excluding hydrogens is 621 g/mol. The van der Waals surface area contributed by atoms with Gasteiger partial charge >= 0.3 is 0 Å². The molecule has 0 spiro atoms. The second-order valence-corrected chi connectivity index (χ2v) is 13.7. The maximum atomic E-state index is 7.06. The Balaban J connectivity index is 1.24. The molecule has 0 fully saturated rings. The zero-order chi connectivity index (χ0) is 34.1. The first-order valence-electron chi connectivity index (χ1n) is 17.9. The van der Waals surface area contributed by atoms with Crippen molar-refractivity contribution in [2.45, 2.75) is 26.2 Å². The van der Waals surface area contributed by atoms with Gasteiger partial charge in [0.05, 0.1) is 16.7 Å². The van der Waals surface area contributed by atoms with E-state index in [1.807, 2.05) is 31.2 Å². The summed E-state index contributed by atoms with van der Waals surface area (Å²) in [6.45, 7) is 2.02. The van der Waals surface area contributed by atoms with Crippen molar-refractivity contribution in [3.63, 3.8) is 0 Å². The number of hydrogen-bond acceptors (Lipinski definition) is 2. The summed E-state index contributed by atoms with van der Waals surface area (Å²) < 4.78 is 8.89. The maximum absolute atomic E-state index is 7.06. The molecule has 3 heteroatoms. The zero-order valence-corrected chi connectivity index (χ0v) is 28.5. The molecule has 51 heavy (non-hydrogen) atoms. The summed E-state index contributed by atoms with van der Waals surface area (Å²) in [5.41, 5.74) is 17.2. The number of allylic oxidation sites excluding steroid dienone is 7. The fraction of sp³-hybridized carbons (Fsp3) is 0.0833. The van der Waals surface area contributed by atoms with Crippen molar-refractivity contribution >= 4 is 71.8 Å². The highest BCUT2D eigenvalue weighted by Gasteiger charge is 2.28. The van der Waals surface area contributed by atoms with E-state index in [4.69, 9.17) is 10.2 Å². The van der Waals surface area contributed by atoms with Crippen LogP contribution in [0.15, 0.2) is 155 Å². The number of nitrogens with zero attached hydrogens (tertiary/aromatic N) is 1. The zero-order valence-electron chi connectivity index (χ0n) is 28.5. The van der Waals surface area contributed by atoms with Crippen molar-refractivity contribution in [3.8, 4) is 5.69 Å². The monoisotopic (exact) mass is 656 g/mol. The quantitative estimate of drug-likeness (QED) is 0.187. The summed E-state index contributed by atoms with van der Waals surface area (Å²) in [5.74, 6) is 2.07. The van der Waals surface area contributed by atoms with Crippen molar-refractivity contribution in [1.29, 1.82) is 0 Å². The van der Waals surface area contributed by atoms with Gasteiger partial charge in [0.25, 0.3) is 0 Å². The van der Waals surface area contributed by atoms with E-state index < -0.39 is 0 Å². The SMILES string of the molecule is C\C=C/C=C\C(N)=C(/C1=Cc2oc3c(c2C1)C=CCC3)c1ccc(-n2c3ccc4ccccc4c3c3c4ccccc4ccc32)c2ccccc12. The Hall–Kier alpha value is -6.32. The molecule has 0 aliphatic heterocycles. The lowest BCUT2D eigenvalue weighted by molar-refractivity contribution is 0.499. The highest BCUT2D eigenvalue weighted by Crippen LogP contribution is 2.45. The summed E-state index contributed by atoms with van der Waals surface area (Å²) in [7, 11) is 0. The van der Waals surface area contributed by atoms with Crippen LogP contribution in [0.1, 0.15) is 41.6 Å². The topological polar surface area (TPSA) is 44.1 Å². The van der Waals surface area contributed by atoms with E-state index in [9.17, 15) is 0 Å². The molecular formula is C48H36N2O. The molecule has 0 saturated carbocycles. The number of aromatic nitrogens is 1. The number of furan rings is 1. The predicted molar refractivity (Wildman–Crippen MR) is 216 cm³/mol. The van der Waals surface area contributed by atoms with Crippen LogP contribution in [0.5, 0.6) is 0 Å². The van der Waals surface area contributed by atoms with Gasteiger partial charge in [-0.2, -0.15) is 0 Å². The summed E-state index contributed by atoms with van der Waals surface area (Å²) in [4.78, 5) is 0. The van der Waals surface area contributed by atoms with E-state index in [2.05, 4.69) is 132 Å². The summed E-state index contributed by atoms with van der Waals surface area (Å²) >= 11 is 0. The molecule has 10 rings (SSSR count). The summed E-state index contributed by atoms with van der Waals surface area (Å²) in [5, 5.41) is 9.93. The minimum atomic E-state index is 0.738. The van der Waals surface area contributed by atoms with Crippen LogP contribution in [0.3, 0.4) is 0 Å². The number of benzene rings is 6. The van der Waals surface area contributed by atoms with E-state index in [0.717, 1.165) is 58.7 Å². The molecule has 2 aliphatic rings. The van der Waals surface area contributed by atoms with Crippen molar-refractivity contribution in [1.82, 2.24) is 4.57 Å². The minimum Gasteiger partial charge on any atom is -0.461 e. The Labute approximate surface area is 296 Å². The average Bonchev–Trinajstić information content (AvgIpc) is 3.85. The summed E-state index contributed by atoms with van der Waals surface area (Å²) in [6, 6.07) is 40.0. The normalized spacial score (nSPS) is 14.8. The average molecular weight is 657 g/mol. The molecule has 8 aromatic rings. The summed E-state index contributed by atoms with van der Waals surface area (Å²) in [6.07, 6.45) is 17.6. The molecule has 2 aliphatic carbocycles. The molecule has 0 saturated heterocycles. The van der Waals surface area contributed by atoms with Gasteiger partial charge in [0.2, 0.25) is 0 Å². The lowest BCUT2D eigenvalue weighted by Crippen LogP contribution is -2.05. The molecule has 6 aromatic carbocycles. The van der Waals surface area contributed by atoms with Crippen LogP contribution < -0.4 is 5.73 Å². The number of nitrogens with two attached hydrogens (primary N) is 1. The van der Waals surface area contributed by atoms with Gasteiger partial charge in [-0.25, -0.2) is 0 Å². The van der Waals surface area contributed by atoms with E-state index in [-0.39, 0.29) is 0 Å². The largest absolute Gasteiger partial charge is 0.461 e. The van der Waals surface area contributed by atoms with Gasteiger partial charge in [-0.15, -0.1) is 0 Å². The maximum Gasteiger partial charge on any atom is 0.131 e. The number of fused-ring (bicyclic) bond motifs is 11. The van der Waals surface area contributed by atoms with Gasteiger partial charge in [-0.05, 0) is 81.8 Å². The lowest BCUT2D eigenvalue weighted by atomic mass is 9.89. The highest BCUT2D eigenvalue weighted by molar-refractivity contribution is 6.28. The first-order chi connectivity index (χ1) is 25.2. The van der Waals surface area contributed by atoms with Gasteiger partial charge in [0, 0.05) is 51.4 Å². The molecule has 2 heterocycles. The Bertz CT molecular complexity index is 2810. The van der Waals surface area contributed by atoms with E-state index >= 15 is 0 Å². The number of rotatable bonds is 5. The number of aryl methyl sites for hydroxylation is 1. The second-order valence-electron chi connectivity index (χ2n) is 13.7. The first-order valence-corrected chi connectivity index (χ1v) is 17.9. The van der Waals surface area contributed by atoms with Gasteiger partial charge in [-0.1, -0.05) is 121 Å². The Morgan fingerprint density at radius 1 is 0.725 bits per heavy atom. The van der Waals surface area contributed by atoms with Crippen molar-refractivity contribution < 1.29 is 4.42 Å². The van der Waals surface area contributed by atoms with Crippen LogP contribution in [-0.2, 0) is 12.8 Å². The smallest absolute Gasteiger partial charge is 0.131 e. The van der Waals surface area contributed by atoms with Crippen LogP contribution in [0.2, 0.25) is 0 Å². The molecule has 0 unspecified atom stereocenters.